The maximum absolute atomic E-state index is 13.0. The number of aryl methyl sites for hydroxylation is 3. The smallest absolute Gasteiger partial charge is 0.266 e. The summed E-state index contributed by atoms with van der Waals surface area (Å²) in [5, 5.41) is 9.17. The van der Waals surface area contributed by atoms with Crippen molar-refractivity contribution < 1.29 is 0 Å². The monoisotopic (exact) mass is 428 g/mol. The molecule has 0 amide bonds. The van der Waals surface area contributed by atoms with Crippen molar-refractivity contribution in [3.63, 3.8) is 0 Å². The summed E-state index contributed by atoms with van der Waals surface area (Å²) in [4.78, 5) is 24.8. The van der Waals surface area contributed by atoms with Crippen LogP contribution in [0.3, 0.4) is 0 Å². The third kappa shape index (κ3) is 4.20. The van der Waals surface area contributed by atoms with Crippen molar-refractivity contribution in [3.05, 3.63) is 75.3 Å². The van der Waals surface area contributed by atoms with Crippen LogP contribution in [0.25, 0.3) is 16.6 Å². The van der Waals surface area contributed by atoms with E-state index < -0.39 is 0 Å². The van der Waals surface area contributed by atoms with Crippen molar-refractivity contribution in [2.75, 3.05) is 17.2 Å². The first-order valence-electron chi connectivity index (χ1n) is 9.94. The molecule has 2 aromatic heterocycles. The second-order valence-corrected chi connectivity index (χ2v) is 7.12. The molecular formula is C23H24N8O. The molecule has 0 bridgehead atoms. The lowest BCUT2D eigenvalue weighted by Crippen LogP contribution is -2.24. The minimum absolute atomic E-state index is 0.0116. The molecule has 0 spiro atoms. The Morgan fingerprint density at radius 1 is 0.938 bits per heavy atom. The van der Waals surface area contributed by atoms with Gasteiger partial charge in [0, 0.05) is 6.42 Å². The summed E-state index contributed by atoms with van der Waals surface area (Å²) < 4.78 is 1.75. The zero-order chi connectivity index (χ0) is 23.4. The largest absolute Gasteiger partial charge is 0.382 e. The van der Waals surface area contributed by atoms with Crippen LogP contribution in [0.15, 0.2) is 47.3 Å². The highest BCUT2D eigenvalue weighted by atomic mass is 16.1. The van der Waals surface area contributed by atoms with E-state index in [1.807, 2.05) is 63.2 Å². The molecule has 0 unspecified atom stereocenters. The predicted octanol–water partition coefficient (Wildman–Crippen LogP) is 2.66. The Bertz CT molecular complexity index is 1380. The van der Waals surface area contributed by atoms with Crippen LogP contribution in [0.1, 0.15) is 29.4 Å². The number of benzene rings is 2. The SMILES string of the molecule is CCc1nc2cccc(C)c2c(=O)n1-c1ccccc1C.N#Cc1c(N)nc(N)nc1N. The van der Waals surface area contributed by atoms with E-state index in [2.05, 4.69) is 9.97 Å². The zero-order valence-electron chi connectivity index (χ0n) is 18.1. The molecule has 0 aliphatic carbocycles. The summed E-state index contributed by atoms with van der Waals surface area (Å²) in [5.41, 5.74) is 19.6. The topological polar surface area (TPSA) is 163 Å². The Morgan fingerprint density at radius 3 is 2.16 bits per heavy atom. The molecule has 0 aliphatic heterocycles. The van der Waals surface area contributed by atoms with Gasteiger partial charge in [0.2, 0.25) is 5.95 Å². The molecule has 2 aromatic carbocycles. The molecule has 0 saturated heterocycles. The molecule has 9 heteroatoms. The van der Waals surface area contributed by atoms with E-state index in [-0.39, 0.29) is 28.7 Å². The number of aromatic nitrogens is 4. The van der Waals surface area contributed by atoms with Crippen molar-refractivity contribution in [2.45, 2.75) is 27.2 Å². The Balaban J connectivity index is 0.000000222. The van der Waals surface area contributed by atoms with E-state index in [0.29, 0.717) is 11.8 Å². The highest BCUT2D eigenvalue weighted by Crippen LogP contribution is 2.18. The van der Waals surface area contributed by atoms with Gasteiger partial charge in [-0.15, -0.1) is 0 Å². The van der Waals surface area contributed by atoms with Gasteiger partial charge in [-0.1, -0.05) is 37.3 Å². The fourth-order valence-corrected chi connectivity index (χ4v) is 3.37. The molecule has 0 atom stereocenters. The Labute approximate surface area is 185 Å². The minimum Gasteiger partial charge on any atom is -0.382 e. The molecule has 32 heavy (non-hydrogen) atoms. The van der Waals surface area contributed by atoms with Gasteiger partial charge in [0.15, 0.2) is 0 Å². The summed E-state index contributed by atoms with van der Waals surface area (Å²) in [6.07, 6.45) is 0.716. The minimum atomic E-state index is -0.0287. The van der Waals surface area contributed by atoms with Crippen LogP contribution in [0.5, 0.6) is 0 Å². The summed E-state index contributed by atoms with van der Waals surface area (Å²) in [5.74, 6) is 0.793. The molecule has 2 heterocycles. The lowest BCUT2D eigenvalue weighted by molar-refractivity contribution is 0.828. The van der Waals surface area contributed by atoms with Crippen LogP contribution in [-0.4, -0.2) is 19.5 Å². The fourth-order valence-electron chi connectivity index (χ4n) is 3.37. The number of nitriles is 1. The van der Waals surface area contributed by atoms with E-state index in [1.54, 1.807) is 10.6 Å². The first kappa shape index (κ1) is 22.2. The quantitative estimate of drug-likeness (QED) is 0.439. The van der Waals surface area contributed by atoms with Gasteiger partial charge in [-0.05, 0) is 37.1 Å². The standard InChI is InChI=1S/C18H18N2O.C5H6N6/c1-4-16-19-14-10-7-9-13(3)17(14)18(21)20(16)15-11-6-5-8-12(15)2;6-1-2-3(7)10-5(9)11-4(2)8/h5-11H,4H2,1-3H3;(H6,7,8,9,10,11). The molecule has 0 aliphatic rings. The van der Waals surface area contributed by atoms with Crippen molar-refractivity contribution in [1.82, 2.24) is 19.5 Å². The highest BCUT2D eigenvalue weighted by molar-refractivity contribution is 5.81. The number of hydrogen-bond acceptors (Lipinski definition) is 8. The van der Waals surface area contributed by atoms with E-state index >= 15 is 0 Å². The summed E-state index contributed by atoms with van der Waals surface area (Å²) >= 11 is 0. The van der Waals surface area contributed by atoms with Gasteiger partial charge in [0.1, 0.15) is 29.1 Å². The number of nitrogen functional groups attached to an aromatic ring is 3. The van der Waals surface area contributed by atoms with Crippen LogP contribution in [-0.2, 0) is 6.42 Å². The molecule has 162 valence electrons. The molecule has 6 N–H and O–H groups in total. The van der Waals surface area contributed by atoms with Gasteiger partial charge in [0.05, 0.1) is 16.6 Å². The van der Waals surface area contributed by atoms with E-state index in [9.17, 15) is 4.79 Å². The summed E-state index contributed by atoms with van der Waals surface area (Å²) in [6, 6.07) is 15.5. The first-order valence-corrected chi connectivity index (χ1v) is 9.94. The third-order valence-corrected chi connectivity index (χ3v) is 4.94. The lowest BCUT2D eigenvalue weighted by atomic mass is 10.1. The number of rotatable bonds is 2. The number of nitrogens with two attached hydrogens (primary N) is 3. The number of para-hydroxylation sites is 1. The van der Waals surface area contributed by atoms with Crippen LogP contribution >= 0.6 is 0 Å². The van der Waals surface area contributed by atoms with E-state index in [1.165, 1.54) is 0 Å². The lowest BCUT2D eigenvalue weighted by Gasteiger charge is -2.15. The normalized spacial score (nSPS) is 10.3. The van der Waals surface area contributed by atoms with Crippen LogP contribution in [0, 0.1) is 25.2 Å². The maximum atomic E-state index is 13.0. The van der Waals surface area contributed by atoms with Crippen molar-refractivity contribution in [3.8, 4) is 11.8 Å². The van der Waals surface area contributed by atoms with Crippen LogP contribution in [0.4, 0.5) is 17.6 Å². The van der Waals surface area contributed by atoms with Crippen molar-refractivity contribution >= 4 is 28.5 Å². The Hall–Kier alpha value is -4.45. The Morgan fingerprint density at radius 2 is 1.56 bits per heavy atom. The number of anilines is 3. The van der Waals surface area contributed by atoms with Crippen LogP contribution < -0.4 is 22.8 Å². The van der Waals surface area contributed by atoms with Crippen molar-refractivity contribution in [2.24, 2.45) is 0 Å². The Kier molecular flexibility index (Phi) is 6.35. The average molecular weight is 429 g/mol. The number of fused-ring (bicyclic) bond motifs is 1. The molecule has 0 fully saturated rings. The molecule has 9 nitrogen and oxygen atoms in total. The van der Waals surface area contributed by atoms with Crippen LogP contribution in [0.2, 0.25) is 0 Å². The van der Waals surface area contributed by atoms with Gasteiger partial charge >= 0.3 is 0 Å². The number of hydrogen-bond donors (Lipinski definition) is 3. The van der Waals surface area contributed by atoms with Crippen molar-refractivity contribution in [1.29, 1.82) is 5.26 Å². The maximum Gasteiger partial charge on any atom is 0.266 e. The molecule has 4 rings (SSSR count). The third-order valence-electron chi connectivity index (χ3n) is 4.94. The molecule has 0 saturated carbocycles. The first-order chi connectivity index (χ1) is 15.3. The molecular weight excluding hydrogens is 404 g/mol. The number of nitrogens with zero attached hydrogens (tertiary/aromatic N) is 5. The van der Waals surface area contributed by atoms with Gasteiger partial charge in [-0.3, -0.25) is 9.36 Å². The van der Waals surface area contributed by atoms with Gasteiger partial charge in [0.25, 0.3) is 5.56 Å². The van der Waals surface area contributed by atoms with Gasteiger partial charge in [-0.25, -0.2) is 4.98 Å². The van der Waals surface area contributed by atoms with E-state index in [4.69, 9.17) is 27.4 Å². The second kappa shape index (κ2) is 9.14. The predicted molar refractivity (Wildman–Crippen MR) is 126 cm³/mol. The summed E-state index contributed by atoms with van der Waals surface area (Å²) in [7, 11) is 0. The fraction of sp³-hybridized carbons (Fsp3) is 0.174. The van der Waals surface area contributed by atoms with Gasteiger partial charge < -0.3 is 17.2 Å². The molecule has 0 radical (unpaired) electrons. The summed E-state index contributed by atoms with van der Waals surface area (Å²) in [6.45, 7) is 6.00. The van der Waals surface area contributed by atoms with E-state index in [0.717, 1.165) is 28.2 Å². The van der Waals surface area contributed by atoms with Gasteiger partial charge in [-0.2, -0.15) is 15.2 Å². The highest BCUT2D eigenvalue weighted by Gasteiger charge is 2.14. The molecule has 4 aromatic rings. The average Bonchev–Trinajstić information content (AvgIpc) is 2.74. The second-order valence-electron chi connectivity index (χ2n) is 7.12. The zero-order valence-corrected chi connectivity index (χ0v) is 18.1.